The van der Waals surface area contributed by atoms with Crippen LogP contribution in [0.25, 0.3) is 4.91 Å². The van der Waals surface area contributed by atoms with E-state index in [1.807, 2.05) is 24.0 Å². The topological polar surface area (TPSA) is 28.6 Å². The van der Waals surface area contributed by atoms with Crippen molar-refractivity contribution in [3.63, 3.8) is 0 Å². The molecule has 1 aromatic carbocycles. The van der Waals surface area contributed by atoms with Crippen molar-refractivity contribution in [1.29, 1.82) is 0 Å². The highest BCUT2D eigenvalue weighted by atomic mass is 32.2. The number of benzene rings is 1. The predicted molar refractivity (Wildman–Crippen MR) is 106 cm³/mol. The third kappa shape index (κ3) is 3.33. The third-order valence-electron chi connectivity index (χ3n) is 4.91. The van der Waals surface area contributed by atoms with Gasteiger partial charge in [0.1, 0.15) is 0 Å². The van der Waals surface area contributed by atoms with Crippen molar-refractivity contribution in [3.05, 3.63) is 54.4 Å². The van der Waals surface area contributed by atoms with E-state index in [2.05, 4.69) is 58.2 Å². The summed E-state index contributed by atoms with van der Waals surface area (Å²) in [6.45, 7) is 3.48. The second-order valence-electron chi connectivity index (χ2n) is 6.53. The molecule has 130 valence electrons. The zero-order valence-corrected chi connectivity index (χ0v) is 15.5. The maximum Gasteiger partial charge on any atom is 0.212 e. The molecule has 5 heteroatoms. The van der Waals surface area contributed by atoms with Gasteiger partial charge in [-0.2, -0.15) is 0 Å². The average Bonchev–Trinajstić information content (AvgIpc) is 3.31. The maximum atomic E-state index is 5.14. The molecule has 4 rings (SSSR count). The van der Waals surface area contributed by atoms with Crippen LogP contribution < -0.4 is 14.5 Å². The van der Waals surface area contributed by atoms with E-state index in [1.54, 1.807) is 7.11 Å². The lowest BCUT2D eigenvalue weighted by Crippen LogP contribution is -2.26. The molecule has 4 nitrogen and oxygen atoms in total. The van der Waals surface area contributed by atoms with Crippen LogP contribution in [-0.2, 0) is 0 Å². The fourth-order valence-electron chi connectivity index (χ4n) is 3.48. The van der Waals surface area contributed by atoms with E-state index >= 15 is 0 Å². The summed E-state index contributed by atoms with van der Waals surface area (Å²) in [5, 5.41) is 0. The molecule has 2 aliphatic rings. The normalized spacial score (nSPS) is 20.1. The van der Waals surface area contributed by atoms with Gasteiger partial charge >= 0.3 is 0 Å². The van der Waals surface area contributed by atoms with Crippen LogP contribution in [0, 0.1) is 0 Å². The fraction of sp³-hybridized carbons (Fsp3) is 0.350. The van der Waals surface area contributed by atoms with E-state index in [9.17, 15) is 0 Å². The number of hydrogen-bond acceptors (Lipinski definition) is 5. The molecule has 1 unspecified atom stereocenters. The number of pyridine rings is 1. The van der Waals surface area contributed by atoms with E-state index in [0.29, 0.717) is 11.9 Å². The van der Waals surface area contributed by atoms with Gasteiger partial charge < -0.3 is 14.5 Å². The number of thioether (sulfide) groups is 1. The van der Waals surface area contributed by atoms with Crippen molar-refractivity contribution in [2.75, 3.05) is 29.3 Å². The Kier molecular flexibility index (Phi) is 4.57. The van der Waals surface area contributed by atoms with Crippen molar-refractivity contribution in [2.45, 2.75) is 25.8 Å². The molecular weight excluding hydrogens is 330 g/mol. The minimum atomic E-state index is 0.639. The molecule has 25 heavy (non-hydrogen) atoms. The number of nitrogens with zero attached hydrogens (tertiary/aromatic N) is 3. The average molecular weight is 353 g/mol. The molecule has 1 atom stereocenters. The standard InChI is InChI=1S/C20H23N3OS/c1-15-5-4-10-23(15)18-7-3-6-17(11-18)22-13-19(25-14-22)16-8-9-20(24-2)21-12-16/h3,6-9,11-13,15H,4-5,10,14H2,1-2H3. The first-order valence-corrected chi connectivity index (χ1v) is 9.71. The van der Waals surface area contributed by atoms with Crippen molar-refractivity contribution >= 4 is 28.0 Å². The van der Waals surface area contributed by atoms with E-state index in [4.69, 9.17) is 4.74 Å². The molecule has 3 heterocycles. The molecule has 2 aliphatic heterocycles. The summed E-state index contributed by atoms with van der Waals surface area (Å²) in [5.41, 5.74) is 3.72. The first kappa shape index (κ1) is 16.3. The Morgan fingerprint density at radius 1 is 1.20 bits per heavy atom. The van der Waals surface area contributed by atoms with Crippen LogP contribution in [0.4, 0.5) is 11.4 Å². The minimum Gasteiger partial charge on any atom is -0.481 e. The number of hydrogen-bond donors (Lipinski definition) is 0. The molecule has 0 N–H and O–H groups in total. The Morgan fingerprint density at radius 3 is 2.80 bits per heavy atom. The van der Waals surface area contributed by atoms with Crippen molar-refractivity contribution in [3.8, 4) is 5.88 Å². The van der Waals surface area contributed by atoms with Crippen LogP contribution in [0.1, 0.15) is 25.3 Å². The maximum absolute atomic E-state index is 5.14. The first-order chi connectivity index (χ1) is 12.2. The first-order valence-electron chi connectivity index (χ1n) is 8.73. The monoisotopic (exact) mass is 353 g/mol. The van der Waals surface area contributed by atoms with Gasteiger partial charge in [0, 0.05) is 52.9 Å². The molecule has 0 saturated carbocycles. The van der Waals surface area contributed by atoms with Gasteiger partial charge in [-0.05, 0) is 44.0 Å². The number of aromatic nitrogens is 1. The molecule has 2 aromatic rings. The highest BCUT2D eigenvalue weighted by Gasteiger charge is 2.22. The lowest BCUT2D eigenvalue weighted by atomic mass is 10.2. The van der Waals surface area contributed by atoms with Crippen LogP contribution in [0.3, 0.4) is 0 Å². The van der Waals surface area contributed by atoms with Crippen LogP contribution in [0.15, 0.2) is 48.8 Å². The summed E-state index contributed by atoms with van der Waals surface area (Å²) in [4.78, 5) is 10.4. The largest absolute Gasteiger partial charge is 0.481 e. The van der Waals surface area contributed by atoms with Gasteiger partial charge in [0.25, 0.3) is 0 Å². The molecule has 0 aliphatic carbocycles. The summed E-state index contributed by atoms with van der Waals surface area (Å²) in [6, 6.07) is 13.5. The van der Waals surface area contributed by atoms with Crippen LogP contribution in [-0.4, -0.2) is 30.6 Å². The Labute approximate surface area is 153 Å². The van der Waals surface area contributed by atoms with Crippen LogP contribution >= 0.6 is 11.8 Å². The van der Waals surface area contributed by atoms with Gasteiger partial charge in [-0.3, -0.25) is 0 Å². The summed E-state index contributed by atoms with van der Waals surface area (Å²) in [5.74, 6) is 1.58. The lowest BCUT2D eigenvalue weighted by molar-refractivity contribution is 0.398. The zero-order valence-electron chi connectivity index (χ0n) is 14.7. The lowest BCUT2D eigenvalue weighted by Gasteiger charge is -2.25. The van der Waals surface area contributed by atoms with Gasteiger partial charge in [0.05, 0.1) is 13.0 Å². The van der Waals surface area contributed by atoms with Gasteiger partial charge in [-0.15, -0.1) is 11.8 Å². The quantitative estimate of drug-likeness (QED) is 0.802. The van der Waals surface area contributed by atoms with E-state index in [0.717, 1.165) is 18.0 Å². The second kappa shape index (κ2) is 7.00. The summed E-state index contributed by atoms with van der Waals surface area (Å²) in [7, 11) is 1.64. The molecule has 0 bridgehead atoms. The molecule has 0 radical (unpaired) electrons. The highest BCUT2D eigenvalue weighted by Crippen LogP contribution is 2.38. The summed E-state index contributed by atoms with van der Waals surface area (Å²) < 4.78 is 5.14. The van der Waals surface area contributed by atoms with E-state index in [1.165, 1.54) is 29.1 Å². The summed E-state index contributed by atoms with van der Waals surface area (Å²) in [6.07, 6.45) is 6.68. The van der Waals surface area contributed by atoms with Crippen molar-refractivity contribution < 1.29 is 4.74 Å². The molecule has 0 amide bonds. The second-order valence-corrected chi connectivity index (χ2v) is 7.52. The van der Waals surface area contributed by atoms with Crippen LogP contribution in [0.2, 0.25) is 0 Å². The zero-order chi connectivity index (χ0) is 17.2. The Bertz CT molecular complexity index is 775. The van der Waals surface area contributed by atoms with Crippen molar-refractivity contribution in [2.24, 2.45) is 0 Å². The molecule has 1 saturated heterocycles. The SMILES string of the molecule is COc1ccc(C2=CN(c3cccc(N4CCCC4C)c3)CS2)cn1. The highest BCUT2D eigenvalue weighted by molar-refractivity contribution is 8.08. The Hall–Kier alpha value is -2.14. The molecular formula is C20H23N3OS. The summed E-state index contributed by atoms with van der Waals surface area (Å²) >= 11 is 1.84. The molecule has 1 aromatic heterocycles. The molecule has 1 fully saturated rings. The van der Waals surface area contributed by atoms with Crippen LogP contribution in [0.5, 0.6) is 5.88 Å². The Morgan fingerprint density at radius 2 is 2.08 bits per heavy atom. The molecule has 0 spiro atoms. The number of anilines is 2. The van der Waals surface area contributed by atoms with Gasteiger partial charge in [-0.25, -0.2) is 4.98 Å². The van der Waals surface area contributed by atoms with E-state index in [-0.39, 0.29) is 0 Å². The predicted octanol–water partition coefficient (Wildman–Crippen LogP) is 4.59. The Balaban J connectivity index is 1.55. The smallest absolute Gasteiger partial charge is 0.212 e. The fourth-order valence-corrected chi connectivity index (χ4v) is 4.47. The number of rotatable bonds is 4. The van der Waals surface area contributed by atoms with Gasteiger partial charge in [-0.1, -0.05) is 6.07 Å². The van der Waals surface area contributed by atoms with Gasteiger partial charge in [0.2, 0.25) is 5.88 Å². The number of ether oxygens (including phenoxy) is 1. The third-order valence-corrected chi connectivity index (χ3v) is 5.97. The van der Waals surface area contributed by atoms with E-state index < -0.39 is 0 Å². The number of methoxy groups -OCH3 is 1. The minimum absolute atomic E-state index is 0.639. The van der Waals surface area contributed by atoms with Crippen molar-refractivity contribution in [1.82, 2.24) is 4.98 Å². The van der Waals surface area contributed by atoms with Gasteiger partial charge in [0.15, 0.2) is 0 Å².